The van der Waals surface area contributed by atoms with Crippen LogP contribution in [0.2, 0.25) is 0 Å². The molecule has 0 radical (unpaired) electrons. The minimum Gasteiger partial charge on any atom is -0.390 e. The molecule has 1 aliphatic rings. The molecular weight excluding hydrogens is 318 g/mol. The second kappa shape index (κ2) is 6.26. The number of benzene rings is 1. The Hall–Kier alpha value is -0.560. The van der Waals surface area contributed by atoms with Crippen LogP contribution in [0.4, 0.5) is 8.78 Å². The quantitative estimate of drug-likeness (QED) is 0.884. The van der Waals surface area contributed by atoms with Gasteiger partial charge in [0.25, 0.3) is 5.92 Å². The van der Waals surface area contributed by atoms with Crippen molar-refractivity contribution in [1.82, 2.24) is 10.2 Å². The highest BCUT2D eigenvalue weighted by Gasteiger charge is 2.43. The number of nitrogens with zero attached hydrogens (tertiary/aromatic N) is 1. The van der Waals surface area contributed by atoms with E-state index in [-0.39, 0.29) is 0 Å². The molecule has 19 heavy (non-hydrogen) atoms. The highest BCUT2D eigenvalue weighted by molar-refractivity contribution is 9.10. The zero-order valence-corrected chi connectivity index (χ0v) is 12.0. The van der Waals surface area contributed by atoms with Gasteiger partial charge in [-0.1, -0.05) is 28.1 Å². The van der Waals surface area contributed by atoms with E-state index in [1.165, 1.54) is 0 Å². The van der Waals surface area contributed by atoms with Crippen molar-refractivity contribution in [2.75, 3.05) is 32.8 Å². The molecule has 0 aromatic heterocycles. The summed E-state index contributed by atoms with van der Waals surface area (Å²) in [5.41, 5.74) is 0.532. The van der Waals surface area contributed by atoms with E-state index in [0.717, 1.165) is 4.47 Å². The van der Waals surface area contributed by atoms with E-state index in [2.05, 4.69) is 21.2 Å². The summed E-state index contributed by atoms with van der Waals surface area (Å²) in [7, 11) is 0. The Labute approximate surface area is 119 Å². The van der Waals surface area contributed by atoms with Crippen molar-refractivity contribution in [1.29, 1.82) is 0 Å². The van der Waals surface area contributed by atoms with E-state index in [0.29, 0.717) is 31.7 Å². The van der Waals surface area contributed by atoms with Gasteiger partial charge in [0, 0.05) is 30.7 Å². The van der Waals surface area contributed by atoms with E-state index < -0.39 is 18.6 Å². The number of piperazine rings is 1. The van der Waals surface area contributed by atoms with Crippen LogP contribution in [0, 0.1) is 0 Å². The van der Waals surface area contributed by atoms with Crippen LogP contribution in [-0.2, 0) is 0 Å². The van der Waals surface area contributed by atoms with Crippen LogP contribution in [0.15, 0.2) is 28.7 Å². The number of aliphatic hydroxyl groups is 1. The average Bonchev–Trinajstić information content (AvgIpc) is 2.42. The molecule has 0 amide bonds. The molecule has 0 aliphatic carbocycles. The summed E-state index contributed by atoms with van der Waals surface area (Å²) in [5, 5.41) is 12.2. The van der Waals surface area contributed by atoms with Gasteiger partial charge in [-0.25, -0.2) is 8.78 Å². The fourth-order valence-electron chi connectivity index (χ4n) is 2.39. The van der Waals surface area contributed by atoms with Gasteiger partial charge in [0.15, 0.2) is 0 Å². The van der Waals surface area contributed by atoms with Gasteiger partial charge >= 0.3 is 0 Å². The van der Waals surface area contributed by atoms with Crippen molar-refractivity contribution in [2.45, 2.75) is 12.0 Å². The predicted molar refractivity (Wildman–Crippen MR) is 73.4 cm³/mol. The molecular formula is C13H17BrF2N2O. The van der Waals surface area contributed by atoms with E-state index in [4.69, 9.17) is 5.11 Å². The Morgan fingerprint density at radius 3 is 2.37 bits per heavy atom. The first-order valence-electron chi connectivity index (χ1n) is 6.23. The van der Waals surface area contributed by atoms with Gasteiger partial charge in [0.2, 0.25) is 0 Å². The summed E-state index contributed by atoms with van der Waals surface area (Å²) in [6.07, 6.45) is 0. The molecule has 1 atom stereocenters. The minimum absolute atomic E-state index is 0.532. The Morgan fingerprint density at radius 2 is 1.84 bits per heavy atom. The molecule has 3 nitrogen and oxygen atoms in total. The molecule has 1 aromatic carbocycles. The molecule has 0 bridgehead atoms. The van der Waals surface area contributed by atoms with E-state index in [9.17, 15) is 8.78 Å². The third-order valence-corrected chi connectivity index (χ3v) is 3.84. The third-order valence-electron chi connectivity index (χ3n) is 3.31. The van der Waals surface area contributed by atoms with Crippen molar-refractivity contribution in [3.05, 3.63) is 34.3 Å². The maximum absolute atomic E-state index is 14.1. The maximum Gasteiger partial charge on any atom is 0.289 e. The van der Waals surface area contributed by atoms with Gasteiger partial charge in [0.05, 0.1) is 0 Å². The second-order valence-electron chi connectivity index (χ2n) is 4.66. The molecule has 1 heterocycles. The Kier molecular flexibility index (Phi) is 4.89. The van der Waals surface area contributed by atoms with Crippen molar-refractivity contribution in [2.24, 2.45) is 0 Å². The SMILES string of the molecule is OCC(F)(F)[C@@H](c1ccc(Br)cc1)N1CCNCC1. The van der Waals surface area contributed by atoms with E-state index in [1.54, 1.807) is 29.2 Å². The summed E-state index contributed by atoms with van der Waals surface area (Å²) in [6, 6.07) is 5.78. The lowest BCUT2D eigenvalue weighted by Gasteiger charge is -2.38. The monoisotopic (exact) mass is 334 g/mol. The zero-order chi connectivity index (χ0) is 13.9. The van der Waals surface area contributed by atoms with Crippen molar-refractivity contribution in [3.8, 4) is 0 Å². The van der Waals surface area contributed by atoms with Crippen LogP contribution in [0.25, 0.3) is 0 Å². The first kappa shape index (κ1) is 14.8. The molecule has 0 saturated carbocycles. The number of rotatable bonds is 4. The molecule has 2 N–H and O–H groups in total. The number of nitrogens with one attached hydrogen (secondary N) is 1. The molecule has 106 valence electrons. The minimum atomic E-state index is -3.15. The van der Waals surface area contributed by atoms with Gasteiger partial charge in [-0.15, -0.1) is 0 Å². The summed E-state index contributed by atoms with van der Waals surface area (Å²) in [4.78, 5) is 1.73. The van der Waals surface area contributed by atoms with Crippen molar-refractivity contribution < 1.29 is 13.9 Å². The molecule has 1 fully saturated rings. The van der Waals surface area contributed by atoms with Gasteiger partial charge in [0.1, 0.15) is 12.6 Å². The van der Waals surface area contributed by atoms with Crippen molar-refractivity contribution in [3.63, 3.8) is 0 Å². The Bertz CT molecular complexity index is 408. The highest BCUT2D eigenvalue weighted by atomic mass is 79.9. The molecule has 0 unspecified atom stereocenters. The van der Waals surface area contributed by atoms with Gasteiger partial charge in [-0.3, -0.25) is 4.90 Å². The normalized spacial score (nSPS) is 19.4. The first-order chi connectivity index (χ1) is 9.04. The smallest absolute Gasteiger partial charge is 0.289 e. The maximum atomic E-state index is 14.1. The number of hydrogen-bond donors (Lipinski definition) is 2. The van der Waals surface area contributed by atoms with Gasteiger partial charge in [-0.05, 0) is 17.7 Å². The largest absolute Gasteiger partial charge is 0.390 e. The fraction of sp³-hybridized carbons (Fsp3) is 0.538. The lowest BCUT2D eigenvalue weighted by atomic mass is 9.98. The molecule has 1 aliphatic heterocycles. The third kappa shape index (κ3) is 3.51. The number of halogens is 3. The molecule has 1 aromatic rings. The predicted octanol–water partition coefficient (Wildman–Crippen LogP) is 2.02. The molecule has 1 saturated heterocycles. The van der Waals surface area contributed by atoms with Gasteiger partial charge in [-0.2, -0.15) is 0 Å². The second-order valence-corrected chi connectivity index (χ2v) is 5.57. The van der Waals surface area contributed by atoms with Crippen LogP contribution in [0.5, 0.6) is 0 Å². The lowest BCUT2D eigenvalue weighted by Crippen LogP contribution is -2.51. The number of aliphatic hydroxyl groups excluding tert-OH is 1. The number of alkyl halides is 2. The summed E-state index contributed by atoms with van der Waals surface area (Å²) in [6.45, 7) is 1.34. The fourth-order valence-corrected chi connectivity index (χ4v) is 2.66. The van der Waals surface area contributed by atoms with Crippen molar-refractivity contribution >= 4 is 15.9 Å². The standard InChI is InChI=1S/C13H17BrF2N2O/c14-11-3-1-10(2-4-11)12(13(15,16)9-19)18-7-5-17-6-8-18/h1-4,12,17,19H,5-9H2/t12-/m1/s1. The molecule has 2 rings (SSSR count). The van der Waals surface area contributed by atoms with E-state index in [1.807, 2.05) is 0 Å². The topological polar surface area (TPSA) is 35.5 Å². The highest BCUT2D eigenvalue weighted by Crippen LogP contribution is 2.36. The summed E-state index contributed by atoms with van der Waals surface area (Å²) in [5.74, 6) is -3.15. The Morgan fingerprint density at radius 1 is 1.26 bits per heavy atom. The van der Waals surface area contributed by atoms with Crippen LogP contribution in [0.3, 0.4) is 0 Å². The lowest BCUT2D eigenvalue weighted by molar-refractivity contribution is -0.118. The number of hydrogen-bond acceptors (Lipinski definition) is 3. The average molecular weight is 335 g/mol. The summed E-state index contributed by atoms with van der Waals surface area (Å²) >= 11 is 3.30. The zero-order valence-electron chi connectivity index (χ0n) is 10.5. The molecule has 6 heteroatoms. The van der Waals surface area contributed by atoms with Crippen LogP contribution in [-0.4, -0.2) is 48.7 Å². The van der Waals surface area contributed by atoms with Crippen LogP contribution >= 0.6 is 15.9 Å². The van der Waals surface area contributed by atoms with Gasteiger partial charge < -0.3 is 10.4 Å². The first-order valence-corrected chi connectivity index (χ1v) is 7.03. The summed E-state index contributed by atoms with van der Waals surface area (Å²) < 4.78 is 29.0. The Balaban J connectivity index is 2.30. The van der Waals surface area contributed by atoms with Crippen LogP contribution in [0.1, 0.15) is 11.6 Å². The molecule has 0 spiro atoms. The van der Waals surface area contributed by atoms with Crippen LogP contribution < -0.4 is 5.32 Å². The van der Waals surface area contributed by atoms with E-state index >= 15 is 0 Å².